The number of rotatable bonds is 10. The molecule has 0 aromatic heterocycles. The molecule has 1 fully saturated rings. The van der Waals surface area contributed by atoms with Crippen LogP contribution in [0, 0.1) is 0 Å². The molecule has 1 rings (SSSR count). The van der Waals surface area contributed by atoms with Crippen LogP contribution in [0.2, 0.25) is 0 Å². The van der Waals surface area contributed by atoms with Crippen LogP contribution < -0.4 is 0 Å². The molecule has 0 saturated carbocycles. The van der Waals surface area contributed by atoms with Crippen molar-refractivity contribution in [2.75, 3.05) is 19.7 Å². The molecule has 7 heteroatoms. The Labute approximate surface area is 150 Å². The zero-order chi connectivity index (χ0) is 18.8. The minimum Gasteiger partial charge on any atom is -0.457 e. The molecule has 0 aliphatic carbocycles. The molecule has 2 N–H and O–H groups in total. The molecule has 1 aliphatic heterocycles. The topological polar surface area (TPSA) is 96.3 Å². The molecule has 0 bridgehead atoms. The number of unbranched alkanes of at least 4 members (excludes halogenated alkanes) is 1. The molecule has 1 saturated heterocycles. The molecule has 0 aromatic carbocycles. The molecule has 0 radical (unpaired) electrons. The van der Waals surface area contributed by atoms with Crippen molar-refractivity contribution in [2.45, 2.75) is 83.6 Å². The first kappa shape index (κ1) is 21.9. The Balaban J connectivity index is 2.93. The van der Waals surface area contributed by atoms with Gasteiger partial charge in [-0.05, 0) is 25.8 Å². The molecule has 0 spiro atoms. The molecule has 0 amide bonds. The molecule has 146 valence electrons. The fourth-order valence-electron chi connectivity index (χ4n) is 3.06. The predicted octanol–water partition coefficient (Wildman–Crippen LogP) is 1.25. The van der Waals surface area contributed by atoms with E-state index in [1.165, 1.54) is 0 Å². The van der Waals surface area contributed by atoms with Gasteiger partial charge >= 0.3 is 11.9 Å². The van der Waals surface area contributed by atoms with E-state index in [4.69, 9.17) is 9.47 Å². The minimum absolute atomic E-state index is 0.238. The number of esters is 2. The summed E-state index contributed by atoms with van der Waals surface area (Å²) >= 11 is 0. The van der Waals surface area contributed by atoms with E-state index in [1.54, 1.807) is 0 Å². The van der Waals surface area contributed by atoms with Gasteiger partial charge in [-0.1, -0.05) is 27.2 Å². The fourth-order valence-corrected chi connectivity index (χ4v) is 3.06. The lowest BCUT2D eigenvalue weighted by atomic mass is 9.93. The Morgan fingerprint density at radius 2 is 1.64 bits per heavy atom. The van der Waals surface area contributed by atoms with Gasteiger partial charge in [-0.25, -0.2) is 0 Å². The van der Waals surface area contributed by atoms with Gasteiger partial charge < -0.3 is 19.7 Å². The lowest BCUT2D eigenvalue weighted by molar-refractivity contribution is -0.198. The zero-order valence-corrected chi connectivity index (χ0v) is 15.6. The van der Waals surface area contributed by atoms with E-state index in [1.807, 2.05) is 18.7 Å². The van der Waals surface area contributed by atoms with E-state index in [2.05, 4.69) is 6.92 Å². The van der Waals surface area contributed by atoms with Crippen molar-refractivity contribution in [3.05, 3.63) is 0 Å². The highest BCUT2D eigenvalue weighted by atomic mass is 16.6. The second-order valence-corrected chi connectivity index (χ2v) is 6.57. The molecular formula is C18H33NO6. The molecule has 25 heavy (non-hydrogen) atoms. The minimum atomic E-state index is -1.10. The number of ether oxygens (including phenoxy) is 2. The van der Waals surface area contributed by atoms with Crippen LogP contribution in [0.4, 0.5) is 0 Å². The van der Waals surface area contributed by atoms with Crippen molar-refractivity contribution in [3.63, 3.8) is 0 Å². The average molecular weight is 359 g/mol. The maximum absolute atomic E-state index is 11.9. The smallest absolute Gasteiger partial charge is 0.306 e. The van der Waals surface area contributed by atoms with E-state index in [0.717, 1.165) is 12.8 Å². The van der Waals surface area contributed by atoms with Crippen LogP contribution in [0.25, 0.3) is 0 Å². The Morgan fingerprint density at radius 1 is 1.04 bits per heavy atom. The third-order valence-electron chi connectivity index (χ3n) is 4.43. The summed E-state index contributed by atoms with van der Waals surface area (Å²) in [7, 11) is 0. The first-order valence-corrected chi connectivity index (χ1v) is 9.40. The maximum Gasteiger partial charge on any atom is 0.306 e. The molecular weight excluding hydrogens is 326 g/mol. The quantitative estimate of drug-likeness (QED) is 0.567. The van der Waals surface area contributed by atoms with Crippen LogP contribution in [0.15, 0.2) is 0 Å². The number of aliphatic hydroxyl groups is 2. The van der Waals surface area contributed by atoms with Crippen LogP contribution in [-0.4, -0.2) is 71.1 Å². The summed E-state index contributed by atoms with van der Waals surface area (Å²) in [6, 6.07) is -0.535. The molecule has 0 aromatic rings. The number of hydrogen-bond acceptors (Lipinski definition) is 7. The number of aliphatic hydroxyl groups excluding tert-OH is 2. The van der Waals surface area contributed by atoms with Gasteiger partial charge in [0.2, 0.25) is 0 Å². The lowest BCUT2D eigenvalue weighted by Crippen LogP contribution is -2.64. The first-order valence-electron chi connectivity index (χ1n) is 9.40. The Bertz CT molecular complexity index is 416. The maximum atomic E-state index is 11.9. The highest BCUT2D eigenvalue weighted by Crippen LogP contribution is 2.25. The molecule has 1 aliphatic rings. The summed E-state index contributed by atoms with van der Waals surface area (Å²) in [5, 5.41) is 20.3. The van der Waals surface area contributed by atoms with Crippen LogP contribution in [0.5, 0.6) is 0 Å². The van der Waals surface area contributed by atoms with Crippen molar-refractivity contribution < 1.29 is 29.3 Å². The standard InChI is InChI=1S/C18H33NO6/c1-4-7-10-19-11-14(24-15(21)8-5-2)18(17(23)13(19)12-20)25-16(22)9-6-3/h13-14,17-18,20,23H,4-12H2,1-3H3/t13-,14+,17-,18-/m1/s1. The van der Waals surface area contributed by atoms with Gasteiger partial charge in [-0.2, -0.15) is 0 Å². The molecule has 0 unspecified atom stereocenters. The fraction of sp³-hybridized carbons (Fsp3) is 0.889. The normalized spacial score (nSPS) is 27.1. The summed E-state index contributed by atoms with van der Waals surface area (Å²) < 4.78 is 10.9. The van der Waals surface area contributed by atoms with Gasteiger partial charge in [0.1, 0.15) is 6.10 Å². The van der Waals surface area contributed by atoms with Crippen LogP contribution in [-0.2, 0) is 19.1 Å². The van der Waals surface area contributed by atoms with E-state index in [-0.39, 0.29) is 25.4 Å². The molecule has 7 nitrogen and oxygen atoms in total. The van der Waals surface area contributed by atoms with Gasteiger partial charge in [0.15, 0.2) is 12.2 Å². The molecule has 4 atom stereocenters. The van der Waals surface area contributed by atoms with Gasteiger partial charge in [0, 0.05) is 19.4 Å². The van der Waals surface area contributed by atoms with Crippen molar-refractivity contribution in [1.29, 1.82) is 0 Å². The largest absolute Gasteiger partial charge is 0.457 e. The summed E-state index contributed by atoms with van der Waals surface area (Å²) in [6.45, 7) is 6.56. The SMILES string of the molecule is CCCCN1C[C@H](OC(=O)CCC)[C@@H](OC(=O)CCC)[C@H](O)[C@H]1CO. The second kappa shape index (κ2) is 11.4. The lowest BCUT2D eigenvalue weighted by Gasteiger charge is -2.45. The highest BCUT2D eigenvalue weighted by Gasteiger charge is 2.46. The van der Waals surface area contributed by atoms with Crippen LogP contribution >= 0.6 is 0 Å². The first-order chi connectivity index (χ1) is 12.0. The number of hydrogen-bond donors (Lipinski definition) is 2. The Kier molecular flexibility index (Phi) is 10.0. The van der Waals surface area contributed by atoms with E-state index in [9.17, 15) is 19.8 Å². The summed E-state index contributed by atoms with van der Waals surface area (Å²) in [4.78, 5) is 25.8. The number of carbonyl (C=O) groups is 2. The van der Waals surface area contributed by atoms with Gasteiger partial charge in [-0.3, -0.25) is 14.5 Å². The highest BCUT2D eigenvalue weighted by molar-refractivity contribution is 5.70. The molecule has 1 heterocycles. The van der Waals surface area contributed by atoms with Crippen molar-refractivity contribution in [3.8, 4) is 0 Å². The average Bonchev–Trinajstić information content (AvgIpc) is 2.56. The van der Waals surface area contributed by atoms with Gasteiger partial charge in [0.25, 0.3) is 0 Å². The van der Waals surface area contributed by atoms with Gasteiger partial charge in [0.05, 0.1) is 12.6 Å². The van der Waals surface area contributed by atoms with Crippen LogP contribution in [0.1, 0.15) is 59.3 Å². The van der Waals surface area contributed by atoms with Crippen LogP contribution in [0.3, 0.4) is 0 Å². The number of piperidine rings is 1. The number of likely N-dealkylation sites (tertiary alicyclic amines) is 1. The Morgan fingerprint density at radius 3 is 2.16 bits per heavy atom. The monoisotopic (exact) mass is 359 g/mol. The van der Waals surface area contributed by atoms with Gasteiger partial charge in [-0.15, -0.1) is 0 Å². The third-order valence-corrected chi connectivity index (χ3v) is 4.43. The number of nitrogens with zero attached hydrogens (tertiary/aromatic N) is 1. The van der Waals surface area contributed by atoms with Crippen molar-refractivity contribution in [2.24, 2.45) is 0 Å². The Hall–Kier alpha value is -1.18. The number of carbonyl (C=O) groups excluding carboxylic acids is 2. The third kappa shape index (κ3) is 6.56. The van der Waals surface area contributed by atoms with E-state index >= 15 is 0 Å². The second-order valence-electron chi connectivity index (χ2n) is 6.57. The summed E-state index contributed by atoms with van der Waals surface area (Å²) in [5.41, 5.74) is 0. The van der Waals surface area contributed by atoms with Crippen molar-refractivity contribution in [1.82, 2.24) is 4.90 Å². The summed E-state index contributed by atoms with van der Waals surface area (Å²) in [5.74, 6) is -0.795. The van der Waals surface area contributed by atoms with Crippen molar-refractivity contribution >= 4 is 11.9 Å². The van der Waals surface area contributed by atoms with E-state index < -0.39 is 30.3 Å². The van der Waals surface area contributed by atoms with E-state index in [0.29, 0.717) is 25.9 Å². The predicted molar refractivity (Wildman–Crippen MR) is 92.9 cm³/mol. The summed E-state index contributed by atoms with van der Waals surface area (Å²) in [6.07, 6.45) is 0.906. The zero-order valence-electron chi connectivity index (χ0n) is 15.6.